The topological polar surface area (TPSA) is 35.2 Å². The smallest absolute Gasteiger partial charge is 0.145 e. The molecular weight excluding hydrogens is 356 g/mol. The zero-order valence-electron chi connectivity index (χ0n) is 9.59. The third-order valence-electron chi connectivity index (χ3n) is 2.44. The highest BCUT2D eigenvalue weighted by atomic mass is 79.9. The van der Waals surface area contributed by atoms with Gasteiger partial charge in [-0.2, -0.15) is 0 Å². The molecule has 2 nitrogen and oxygen atoms in total. The molecule has 0 atom stereocenters. The standard InChI is InChI=1S/C13H9BrCl2FNO/c14-9-4-10(16)11(17)5-13(9)19-12-3-8(15)2-1-7(12)6-18/h1-5H,6,18H2. The summed E-state index contributed by atoms with van der Waals surface area (Å²) >= 11 is 14.8. The molecule has 2 aromatic carbocycles. The first kappa shape index (κ1) is 14.6. The molecule has 0 fully saturated rings. The maximum Gasteiger partial charge on any atom is 0.145 e. The van der Waals surface area contributed by atoms with Gasteiger partial charge in [0.25, 0.3) is 0 Å². The molecule has 19 heavy (non-hydrogen) atoms. The van der Waals surface area contributed by atoms with Crippen molar-refractivity contribution in [2.75, 3.05) is 0 Å². The first-order valence-electron chi connectivity index (χ1n) is 5.32. The van der Waals surface area contributed by atoms with Crippen LogP contribution in [0.1, 0.15) is 5.56 Å². The summed E-state index contributed by atoms with van der Waals surface area (Å²) in [5, 5.41) is 0.530. The number of ether oxygens (including phenoxy) is 1. The lowest BCUT2D eigenvalue weighted by Gasteiger charge is -2.12. The van der Waals surface area contributed by atoms with Crippen LogP contribution in [0.25, 0.3) is 0 Å². The maximum absolute atomic E-state index is 13.4. The van der Waals surface area contributed by atoms with Crippen LogP contribution in [0.5, 0.6) is 11.5 Å². The largest absolute Gasteiger partial charge is 0.456 e. The van der Waals surface area contributed by atoms with Gasteiger partial charge in [-0.25, -0.2) is 4.39 Å². The van der Waals surface area contributed by atoms with Gasteiger partial charge in [0.1, 0.15) is 17.3 Å². The monoisotopic (exact) mass is 363 g/mol. The van der Waals surface area contributed by atoms with E-state index in [-0.39, 0.29) is 5.02 Å². The van der Waals surface area contributed by atoms with E-state index >= 15 is 0 Å². The average Bonchev–Trinajstić information content (AvgIpc) is 2.36. The van der Waals surface area contributed by atoms with Gasteiger partial charge in [-0.15, -0.1) is 0 Å². The van der Waals surface area contributed by atoms with Gasteiger partial charge in [-0.05, 0) is 34.1 Å². The number of rotatable bonds is 3. The number of benzene rings is 2. The number of halogens is 4. The minimum Gasteiger partial charge on any atom is -0.456 e. The third kappa shape index (κ3) is 3.39. The molecule has 0 aliphatic rings. The predicted octanol–water partition coefficient (Wildman–Crippen LogP) is 5.15. The molecule has 0 unspecified atom stereocenters. The molecule has 0 radical (unpaired) electrons. The summed E-state index contributed by atoms with van der Waals surface area (Å²) in [6.45, 7) is 0.292. The lowest BCUT2D eigenvalue weighted by Crippen LogP contribution is -1.99. The van der Waals surface area contributed by atoms with Crippen molar-refractivity contribution in [3.8, 4) is 11.5 Å². The molecule has 0 aliphatic carbocycles. The van der Waals surface area contributed by atoms with Crippen molar-refractivity contribution in [3.05, 3.63) is 56.2 Å². The third-order valence-corrected chi connectivity index (χ3v) is 3.59. The lowest BCUT2D eigenvalue weighted by molar-refractivity contribution is 0.468. The molecule has 0 amide bonds. The van der Waals surface area contributed by atoms with E-state index in [0.717, 1.165) is 5.56 Å². The molecule has 0 heterocycles. The van der Waals surface area contributed by atoms with Crippen molar-refractivity contribution in [1.29, 1.82) is 0 Å². The van der Waals surface area contributed by atoms with Gasteiger partial charge in [0.2, 0.25) is 0 Å². The first-order valence-corrected chi connectivity index (χ1v) is 6.87. The second-order valence-corrected chi connectivity index (χ2v) is 5.45. The van der Waals surface area contributed by atoms with Crippen LogP contribution in [0.15, 0.2) is 34.8 Å². The normalized spacial score (nSPS) is 10.6. The van der Waals surface area contributed by atoms with Gasteiger partial charge in [-0.3, -0.25) is 0 Å². The molecule has 0 spiro atoms. The van der Waals surface area contributed by atoms with E-state index in [0.29, 0.717) is 27.5 Å². The molecule has 0 bridgehead atoms. The number of nitrogens with two attached hydrogens (primary N) is 1. The Balaban J connectivity index is 2.41. The van der Waals surface area contributed by atoms with Crippen LogP contribution in [0.2, 0.25) is 10.0 Å². The summed E-state index contributed by atoms with van der Waals surface area (Å²) in [7, 11) is 0. The fraction of sp³-hybridized carbons (Fsp3) is 0.0769. The molecule has 0 saturated heterocycles. The van der Waals surface area contributed by atoms with E-state index in [2.05, 4.69) is 15.9 Å². The summed E-state index contributed by atoms with van der Waals surface area (Å²) in [6.07, 6.45) is 0. The van der Waals surface area contributed by atoms with Gasteiger partial charge < -0.3 is 10.5 Å². The highest BCUT2D eigenvalue weighted by Gasteiger charge is 2.11. The second kappa shape index (κ2) is 6.09. The van der Waals surface area contributed by atoms with Crippen molar-refractivity contribution in [2.24, 2.45) is 5.73 Å². The number of hydrogen-bond donors (Lipinski definition) is 1. The van der Waals surface area contributed by atoms with Crippen LogP contribution in [0.3, 0.4) is 0 Å². The van der Waals surface area contributed by atoms with Crippen molar-refractivity contribution in [3.63, 3.8) is 0 Å². The summed E-state index contributed by atoms with van der Waals surface area (Å²) in [4.78, 5) is 0. The minimum absolute atomic E-state index is 0.0179. The summed E-state index contributed by atoms with van der Waals surface area (Å²) < 4.78 is 19.6. The van der Waals surface area contributed by atoms with Crippen molar-refractivity contribution >= 4 is 39.1 Å². The van der Waals surface area contributed by atoms with Crippen molar-refractivity contribution < 1.29 is 9.13 Å². The minimum atomic E-state index is -0.559. The molecule has 6 heteroatoms. The molecule has 2 rings (SSSR count). The van der Waals surface area contributed by atoms with Crippen LogP contribution in [0, 0.1) is 5.82 Å². The Kier molecular flexibility index (Phi) is 4.68. The van der Waals surface area contributed by atoms with E-state index in [1.54, 1.807) is 18.2 Å². The van der Waals surface area contributed by atoms with Crippen LogP contribution in [-0.4, -0.2) is 0 Å². The number of hydrogen-bond acceptors (Lipinski definition) is 2. The molecule has 100 valence electrons. The highest BCUT2D eigenvalue weighted by Crippen LogP contribution is 2.35. The first-order chi connectivity index (χ1) is 9.01. The van der Waals surface area contributed by atoms with E-state index < -0.39 is 5.82 Å². The van der Waals surface area contributed by atoms with E-state index in [1.165, 1.54) is 12.1 Å². The Morgan fingerprint density at radius 2 is 1.89 bits per heavy atom. The van der Waals surface area contributed by atoms with Crippen molar-refractivity contribution in [2.45, 2.75) is 6.54 Å². The quantitative estimate of drug-likeness (QED) is 0.764. The average molecular weight is 365 g/mol. The summed E-state index contributed by atoms with van der Waals surface area (Å²) in [6, 6.07) is 7.74. The molecular formula is C13H9BrCl2FNO. The van der Waals surface area contributed by atoms with Gasteiger partial charge in [-0.1, -0.05) is 29.3 Å². The lowest BCUT2D eigenvalue weighted by atomic mass is 10.2. The predicted molar refractivity (Wildman–Crippen MR) is 78.5 cm³/mol. The van der Waals surface area contributed by atoms with Crippen molar-refractivity contribution in [1.82, 2.24) is 0 Å². The van der Waals surface area contributed by atoms with Crippen LogP contribution >= 0.6 is 39.1 Å². The molecule has 0 saturated carbocycles. The van der Waals surface area contributed by atoms with E-state index in [1.807, 2.05) is 0 Å². The summed E-state index contributed by atoms with van der Waals surface area (Å²) in [5.41, 5.74) is 6.39. The Labute approximate surface area is 128 Å². The van der Waals surface area contributed by atoms with Crippen LogP contribution < -0.4 is 10.5 Å². The fourth-order valence-electron chi connectivity index (χ4n) is 1.49. The Morgan fingerprint density at radius 3 is 2.58 bits per heavy atom. The zero-order valence-corrected chi connectivity index (χ0v) is 12.7. The maximum atomic E-state index is 13.4. The Morgan fingerprint density at radius 1 is 1.16 bits per heavy atom. The van der Waals surface area contributed by atoms with Gasteiger partial charge in [0.15, 0.2) is 0 Å². The highest BCUT2D eigenvalue weighted by molar-refractivity contribution is 9.10. The molecule has 2 aromatic rings. The fourth-order valence-corrected chi connectivity index (χ4v) is 2.37. The Bertz CT molecular complexity index is 622. The van der Waals surface area contributed by atoms with E-state index in [4.69, 9.17) is 33.7 Å². The molecule has 2 N–H and O–H groups in total. The van der Waals surface area contributed by atoms with Gasteiger partial charge in [0, 0.05) is 23.2 Å². The molecule has 0 aromatic heterocycles. The summed E-state index contributed by atoms with van der Waals surface area (Å²) in [5.74, 6) is 0.229. The van der Waals surface area contributed by atoms with Crippen LogP contribution in [-0.2, 0) is 6.54 Å². The SMILES string of the molecule is NCc1ccc(Cl)cc1Oc1cc(F)c(Cl)cc1Br. The van der Waals surface area contributed by atoms with Gasteiger partial charge >= 0.3 is 0 Å². The van der Waals surface area contributed by atoms with Crippen LogP contribution in [0.4, 0.5) is 4.39 Å². The second-order valence-electron chi connectivity index (χ2n) is 3.75. The Hall–Kier alpha value is -0.810. The zero-order chi connectivity index (χ0) is 14.0. The molecule has 0 aliphatic heterocycles. The van der Waals surface area contributed by atoms with Gasteiger partial charge in [0.05, 0.1) is 9.50 Å². The van der Waals surface area contributed by atoms with E-state index in [9.17, 15) is 4.39 Å².